The molecule has 3 heteroatoms. The Hall–Kier alpha value is -0.570. The van der Waals surface area contributed by atoms with E-state index in [9.17, 15) is 5.11 Å². The third kappa shape index (κ3) is 4.79. The monoisotopic (exact) mass is 282 g/mol. The van der Waals surface area contributed by atoms with Gasteiger partial charge in [0.05, 0.1) is 6.10 Å². The first-order chi connectivity index (χ1) is 9.29. The van der Waals surface area contributed by atoms with Crippen LogP contribution < -0.4 is 0 Å². The van der Waals surface area contributed by atoms with Gasteiger partial charge in [-0.2, -0.15) is 0 Å². The standard InChI is InChI=1S/C16H23ClO2/c17-16-9-2-1-6-14(16)11-13(12-18)5-3-7-15-8-4-10-19-15/h1-2,6,9,13,15,18H,3-5,7-8,10-12H2. The average Bonchev–Trinajstić information content (AvgIpc) is 2.93. The Morgan fingerprint density at radius 1 is 1.37 bits per heavy atom. The quantitative estimate of drug-likeness (QED) is 0.823. The van der Waals surface area contributed by atoms with Gasteiger partial charge in [0, 0.05) is 18.2 Å². The molecule has 0 amide bonds. The van der Waals surface area contributed by atoms with Crippen LogP contribution in [0.4, 0.5) is 0 Å². The third-order valence-electron chi connectivity index (χ3n) is 3.89. The molecule has 0 aliphatic carbocycles. The lowest BCUT2D eigenvalue weighted by Gasteiger charge is -2.16. The second-order valence-corrected chi connectivity index (χ2v) is 5.82. The molecular formula is C16H23ClO2. The van der Waals surface area contributed by atoms with E-state index in [1.54, 1.807) is 0 Å². The summed E-state index contributed by atoms with van der Waals surface area (Å²) in [5.41, 5.74) is 1.14. The smallest absolute Gasteiger partial charge is 0.0576 e. The molecule has 0 bridgehead atoms. The second-order valence-electron chi connectivity index (χ2n) is 5.41. The van der Waals surface area contributed by atoms with E-state index in [4.69, 9.17) is 16.3 Å². The molecule has 1 saturated heterocycles. The highest BCUT2D eigenvalue weighted by Gasteiger charge is 2.16. The van der Waals surface area contributed by atoms with Crippen molar-refractivity contribution in [2.45, 2.75) is 44.6 Å². The van der Waals surface area contributed by atoms with Gasteiger partial charge in [-0.05, 0) is 49.7 Å². The minimum atomic E-state index is 0.233. The van der Waals surface area contributed by atoms with Crippen LogP contribution in [-0.4, -0.2) is 24.4 Å². The van der Waals surface area contributed by atoms with E-state index in [2.05, 4.69) is 0 Å². The van der Waals surface area contributed by atoms with Crippen LogP contribution in [0.1, 0.15) is 37.7 Å². The van der Waals surface area contributed by atoms with E-state index in [0.717, 1.165) is 42.9 Å². The molecule has 1 aliphatic heterocycles. The van der Waals surface area contributed by atoms with Crippen LogP contribution in [0, 0.1) is 5.92 Å². The Kier molecular flexibility index (Phi) is 6.15. The van der Waals surface area contributed by atoms with Crippen LogP contribution in [0.15, 0.2) is 24.3 Å². The van der Waals surface area contributed by atoms with Gasteiger partial charge in [0.15, 0.2) is 0 Å². The molecule has 1 heterocycles. The number of aliphatic hydroxyl groups excluding tert-OH is 1. The first kappa shape index (κ1) is 14.8. The molecule has 2 unspecified atom stereocenters. The van der Waals surface area contributed by atoms with Crippen LogP contribution in [0.25, 0.3) is 0 Å². The number of ether oxygens (including phenoxy) is 1. The Morgan fingerprint density at radius 2 is 2.21 bits per heavy atom. The first-order valence-corrected chi connectivity index (χ1v) is 7.63. The molecule has 19 heavy (non-hydrogen) atoms. The van der Waals surface area contributed by atoms with E-state index in [1.807, 2.05) is 24.3 Å². The highest BCUT2D eigenvalue weighted by molar-refractivity contribution is 6.31. The zero-order valence-electron chi connectivity index (χ0n) is 11.4. The van der Waals surface area contributed by atoms with Gasteiger partial charge in [-0.3, -0.25) is 0 Å². The molecule has 0 radical (unpaired) electrons. The Labute approximate surface area is 120 Å². The lowest BCUT2D eigenvalue weighted by molar-refractivity contribution is 0.0990. The minimum Gasteiger partial charge on any atom is -0.396 e. The largest absolute Gasteiger partial charge is 0.396 e. The highest BCUT2D eigenvalue weighted by atomic mass is 35.5. The maximum atomic E-state index is 9.50. The van der Waals surface area contributed by atoms with Gasteiger partial charge < -0.3 is 9.84 Å². The topological polar surface area (TPSA) is 29.5 Å². The first-order valence-electron chi connectivity index (χ1n) is 7.25. The van der Waals surface area contributed by atoms with Gasteiger partial charge in [0.2, 0.25) is 0 Å². The van der Waals surface area contributed by atoms with Crippen molar-refractivity contribution in [3.05, 3.63) is 34.9 Å². The lowest BCUT2D eigenvalue weighted by Crippen LogP contribution is -2.12. The normalized spacial score (nSPS) is 20.6. The van der Waals surface area contributed by atoms with E-state index in [1.165, 1.54) is 12.8 Å². The van der Waals surface area contributed by atoms with Crippen LogP contribution in [-0.2, 0) is 11.2 Å². The Balaban J connectivity index is 1.75. The molecule has 1 aliphatic rings. The number of rotatable bonds is 7. The fraction of sp³-hybridized carbons (Fsp3) is 0.625. The zero-order chi connectivity index (χ0) is 13.5. The second kappa shape index (κ2) is 7.88. The summed E-state index contributed by atoms with van der Waals surface area (Å²) in [4.78, 5) is 0. The lowest BCUT2D eigenvalue weighted by atomic mass is 9.94. The zero-order valence-corrected chi connectivity index (χ0v) is 12.1. The minimum absolute atomic E-state index is 0.233. The van der Waals surface area contributed by atoms with Crippen LogP contribution in [0.2, 0.25) is 5.02 Å². The Bertz CT molecular complexity index is 375. The molecule has 1 fully saturated rings. The number of benzene rings is 1. The molecule has 0 saturated carbocycles. The van der Waals surface area contributed by atoms with Gasteiger partial charge in [0.1, 0.15) is 0 Å². The van der Waals surface area contributed by atoms with Crippen molar-refractivity contribution >= 4 is 11.6 Å². The van der Waals surface area contributed by atoms with E-state index in [-0.39, 0.29) is 6.61 Å². The maximum absolute atomic E-state index is 9.50. The molecule has 1 N–H and O–H groups in total. The van der Waals surface area contributed by atoms with E-state index in [0.29, 0.717) is 12.0 Å². The van der Waals surface area contributed by atoms with Crippen molar-refractivity contribution in [2.75, 3.05) is 13.2 Å². The summed E-state index contributed by atoms with van der Waals surface area (Å²) in [7, 11) is 0. The molecule has 2 rings (SSSR count). The molecule has 1 aromatic rings. The number of aliphatic hydroxyl groups is 1. The molecular weight excluding hydrogens is 260 g/mol. The predicted octanol–water partition coefficient (Wildman–Crippen LogP) is 3.84. The van der Waals surface area contributed by atoms with Gasteiger partial charge >= 0.3 is 0 Å². The maximum Gasteiger partial charge on any atom is 0.0576 e. The predicted molar refractivity (Wildman–Crippen MR) is 78.6 cm³/mol. The summed E-state index contributed by atoms with van der Waals surface area (Å²) in [6.07, 6.45) is 7.02. The fourth-order valence-corrected chi connectivity index (χ4v) is 2.95. The highest BCUT2D eigenvalue weighted by Crippen LogP contribution is 2.23. The van der Waals surface area contributed by atoms with Crippen LogP contribution in [0.3, 0.4) is 0 Å². The Morgan fingerprint density at radius 3 is 2.89 bits per heavy atom. The van der Waals surface area contributed by atoms with Crippen molar-refractivity contribution in [2.24, 2.45) is 5.92 Å². The summed E-state index contributed by atoms with van der Waals surface area (Å²) < 4.78 is 5.62. The van der Waals surface area contributed by atoms with Gasteiger partial charge in [-0.25, -0.2) is 0 Å². The molecule has 2 atom stereocenters. The summed E-state index contributed by atoms with van der Waals surface area (Å²) in [6, 6.07) is 7.90. The number of hydrogen-bond acceptors (Lipinski definition) is 2. The summed E-state index contributed by atoms with van der Waals surface area (Å²) >= 11 is 6.16. The van der Waals surface area contributed by atoms with E-state index < -0.39 is 0 Å². The van der Waals surface area contributed by atoms with Crippen molar-refractivity contribution in [1.82, 2.24) is 0 Å². The van der Waals surface area contributed by atoms with Crippen molar-refractivity contribution < 1.29 is 9.84 Å². The van der Waals surface area contributed by atoms with Crippen LogP contribution >= 0.6 is 11.6 Å². The van der Waals surface area contributed by atoms with Crippen molar-refractivity contribution in [1.29, 1.82) is 0 Å². The summed E-state index contributed by atoms with van der Waals surface area (Å²) in [5, 5.41) is 10.3. The molecule has 0 spiro atoms. The number of halogens is 1. The number of hydrogen-bond donors (Lipinski definition) is 1. The summed E-state index contributed by atoms with van der Waals surface area (Å²) in [5.74, 6) is 0.307. The SMILES string of the molecule is OCC(CCCC1CCCO1)Cc1ccccc1Cl. The average molecular weight is 283 g/mol. The van der Waals surface area contributed by atoms with Gasteiger partial charge in [0.25, 0.3) is 0 Å². The van der Waals surface area contributed by atoms with Crippen LogP contribution in [0.5, 0.6) is 0 Å². The molecule has 106 valence electrons. The van der Waals surface area contributed by atoms with Gasteiger partial charge in [-0.15, -0.1) is 0 Å². The summed E-state index contributed by atoms with van der Waals surface area (Å²) in [6.45, 7) is 1.16. The third-order valence-corrected chi connectivity index (χ3v) is 4.26. The fourth-order valence-electron chi connectivity index (χ4n) is 2.74. The molecule has 2 nitrogen and oxygen atoms in total. The van der Waals surface area contributed by atoms with Crippen molar-refractivity contribution in [3.8, 4) is 0 Å². The van der Waals surface area contributed by atoms with Crippen molar-refractivity contribution in [3.63, 3.8) is 0 Å². The molecule has 0 aromatic heterocycles. The van der Waals surface area contributed by atoms with Gasteiger partial charge in [-0.1, -0.05) is 36.2 Å². The van der Waals surface area contributed by atoms with E-state index >= 15 is 0 Å². The molecule has 1 aromatic carbocycles.